The lowest BCUT2D eigenvalue weighted by Gasteiger charge is -2.23. The van der Waals surface area contributed by atoms with E-state index in [1.807, 2.05) is 0 Å². The first kappa shape index (κ1) is 15.2. The summed E-state index contributed by atoms with van der Waals surface area (Å²) in [4.78, 5) is 0. The van der Waals surface area contributed by atoms with E-state index in [2.05, 4.69) is 43.4 Å². The number of nitrogens with two attached hydrogens (primary N) is 1. The molecule has 0 bridgehead atoms. The van der Waals surface area contributed by atoms with Gasteiger partial charge in [0.25, 0.3) is 0 Å². The Morgan fingerprint density at radius 3 is 2.78 bits per heavy atom. The number of aryl methyl sites for hydroxylation is 1. The van der Waals surface area contributed by atoms with E-state index in [1.165, 1.54) is 11.1 Å². The van der Waals surface area contributed by atoms with Crippen molar-refractivity contribution in [3.63, 3.8) is 0 Å². The summed E-state index contributed by atoms with van der Waals surface area (Å²) in [5, 5.41) is 3.62. The zero-order valence-corrected chi connectivity index (χ0v) is 11.8. The Kier molecular flexibility index (Phi) is 6.94. The van der Waals surface area contributed by atoms with Gasteiger partial charge in [-0.3, -0.25) is 0 Å². The van der Waals surface area contributed by atoms with Crippen LogP contribution >= 0.6 is 0 Å². The number of methoxy groups -OCH3 is 1. The first-order valence-corrected chi connectivity index (χ1v) is 6.69. The zero-order chi connectivity index (χ0) is 13.4. The van der Waals surface area contributed by atoms with E-state index < -0.39 is 0 Å². The fraction of sp³-hybridized carbons (Fsp3) is 0.600. The van der Waals surface area contributed by atoms with Crippen molar-refractivity contribution in [1.29, 1.82) is 0 Å². The van der Waals surface area contributed by atoms with E-state index in [0.29, 0.717) is 12.1 Å². The number of hydrogen-bond donors (Lipinski definition) is 2. The van der Waals surface area contributed by atoms with E-state index in [-0.39, 0.29) is 0 Å². The molecule has 3 heteroatoms. The van der Waals surface area contributed by atoms with Gasteiger partial charge in [-0.1, -0.05) is 29.8 Å². The van der Waals surface area contributed by atoms with E-state index in [4.69, 9.17) is 10.5 Å². The van der Waals surface area contributed by atoms with Gasteiger partial charge in [0, 0.05) is 19.2 Å². The predicted octanol–water partition coefficient (Wildman–Crippen LogP) is 2.40. The highest BCUT2D eigenvalue weighted by Gasteiger charge is 2.12. The fourth-order valence-electron chi connectivity index (χ4n) is 2.17. The highest BCUT2D eigenvalue weighted by molar-refractivity contribution is 5.24. The third kappa shape index (κ3) is 5.17. The van der Waals surface area contributed by atoms with Gasteiger partial charge in [0.05, 0.1) is 6.61 Å². The lowest BCUT2D eigenvalue weighted by Crippen LogP contribution is -2.35. The Bertz CT molecular complexity index is 341. The van der Waals surface area contributed by atoms with Crippen molar-refractivity contribution in [2.24, 2.45) is 5.73 Å². The third-order valence-electron chi connectivity index (χ3n) is 3.15. The molecule has 0 fully saturated rings. The molecule has 0 radical (unpaired) electrons. The van der Waals surface area contributed by atoms with Crippen molar-refractivity contribution in [3.05, 3.63) is 35.4 Å². The molecule has 18 heavy (non-hydrogen) atoms. The standard InChI is InChI=1S/C15H26N2O/c1-12-6-4-7-14(10-12)13(2)17-15(11-18-3)8-5-9-16/h4,6-7,10,13,15,17H,5,8-9,11,16H2,1-3H3/t13-,15?/m0/s1. The van der Waals surface area contributed by atoms with Gasteiger partial charge in [0.15, 0.2) is 0 Å². The van der Waals surface area contributed by atoms with Crippen LogP contribution in [0, 0.1) is 6.92 Å². The highest BCUT2D eigenvalue weighted by Crippen LogP contribution is 2.15. The lowest BCUT2D eigenvalue weighted by molar-refractivity contribution is 0.156. The maximum atomic E-state index is 5.57. The second-order valence-electron chi connectivity index (χ2n) is 4.89. The van der Waals surface area contributed by atoms with Gasteiger partial charge in [-0.25, -0.2) is 0 Å². The Hall–Kier alpha value is -0.900. The molecule has 0 aromatic heterocycles. The average Bonchev–Trinajstić information content (AvgIpc) is 2.36. The molecule has 1 unspecified atom stereocenters. The van der Waals surface area contributed by atoms with Crippen LogP contribution in [0.2, 0.25) is 0 Å². The van der Waals surface area contributed by atoms with E-state index in [0.717, 1.165) is 26.0 Å². The summed E-state index contributed by atoms with van der Waals surface area (Å²) < 4.78 is 5.26. The molecule has 0 aliphatic rings. The number of benzene rings is 1. The molecule has 0 saturated carbocycles. The Morgan fingerprint density at radius 1 is 1.39 bits per heavy atom. The smallest absolute Gasteiger partial charge is 0.0616 e. The topological polar surface area (TPSA) is 47.3 Å². The molecule has 3 nitrogen and oxygen atoms in total. The molecular formula is C15H26N2O. The molecule has 3 N–H and O–H groups in total. The molecule has 0 aliphatic heterocycles. The van der Waals surface area contributed by atoms with Crippen LogP contribution in [-0.2, 0) is 4.74 Å². The van der Waals surface area contributed by atoms with Crippen LogP contribution in [0.5, 0.6) is 0 Å². The van der Waals surface area contributed by atoms with Crippen LogP contribution in [0.15, 0.2) is 24.3 Å². The lowest BCUT2D eigenvalue weighted by atomic mass is 10.0. The molecule has 0 heterocycles. The molecule has 0 saturated heterocycles. The molecule has 1 aromatic carbocycles. The molecule has 1 aromatic rings. The molecule has 2 atom stereocenters. The minimum Gasteiger partial charge on any atom is -0.383 e. The Labute approximate surface area is 111 Å². The number of nitrogens with one attached hydrogen (secondary N) is 1. The molecule has 0 amide bonds. The first-order valence-electron chi connectivity index (χ1n) is 6.69. The van der Waals surface area contributed by atoms with Gasteiger partial charge >= 0.3 is 0 Å². The van der Waals surface area contributed by atoms with Gasteiger partial charge in [0.2, 0.25) is 0 Å². The number of ether oxygens (including phenoxy) is 1. The summed E-state index contributed by atoms with van der Waals surface area (Å²) in [6.45, 7) is 5.79. The second kappa shape index (κ2) is 8.25. The van der Waals surface area contributed by atoms with E-state index in [9.17, 15) is 0 Å². The van der Waals surface area contributed by atoms with Gasteiger partial charge in [0.1, 0.15) is 0 Å². The molecule has 1 rings (SSSR count). The molecule has 0 aliphatic carbocycles. The monoisotopic (exact) mass is 250 g/mol. The van der Waals surface area contributed by atoms with Gasteiger partial charge < -0.3 is 15.8 Å². The SMILES string of the molecule is COCC(CCCN)N[C@@H](C)c1cccc(C)c1. The quantitative estimate of drug-likeness (QED) is 0.745. The summed E-state index contributed by atoms with van der Waals surface area (Å²) in [7, 11) is 1.74. The second-order valence-corrected chi connectivity index (χ2v) is 4.89. The third-order valence-corrected chi connectivity index (χ3v) is 3.15. The van der Waals surface area contributed by atoms with Crippen LogP contribution in [-0.4, -0.2) is 26.3 Å². The van der Waals surface area contributed by atoms with Crippen molar-refractivity contribution < 1.29 is 4.74 Å². The van der Waals surface area contributed by atoms with Crippen molar-refractivity contribution in [1.82, 2.24) is 5.32 Å². The van der Waals surface area contributed by atoms with Crippen LogP contribution < -0.4 is 11.1 Å². The predicted molar refractivity (Wildman–Crippen MR) is 76.7 cm³/mol. The molecule has 102 valence electrons. The minimum atomic E-state index is 0.336. The summed E-state index contributed by atoms with van der Waals surface area (Å²) in [5.41, 5.74) is 8.19. The number of rotatable bonds is 8. The Balaban J connectivity index is 2.56. The van der Waals surface area contributed by atoms with Crippen molar-refractivity contribution >= 4 is 0 Å². The summed E-state index contributed by atoms with van der Waals surface area (Å²) in [6.07, 6.45) is 2.09. The van der Waals surface area contributed by atoms with E-state index in [1.54, 1.807) is 7.11 Å². The first-order chi connectivity index (χ1) is 8.67. The number of hydrogen-bond acceptors (Lipinski definition) is 3. The normalized spacial score (nSPS) is 14.4. The summed E-state index contributed by atoms with van der Waals surface area (Å²) in [5.74, 6) is 0. The van der Waals surface area contributed by atoms with Gasteiger partial charge in [-0.15, -0.1) is 0 Å². The molecule has 0 spiro atoms. The van der Waals surface area contributed by atoms with E-state index >= 15 is 0 Å². The minimum absolute atomic E-state index is 0.336. The molecular weight excluding hydrogens is 224 g/mol. The maximum absolute atomic E-state index is 5.57. The summed E-state index contributed by atoms with van der Waals surface area (Å²) >= 11 is 0. The van der Waals surface area contributed by atoms with Gasteiger partial charge in [-0.2, -0.15) is 0 Å². The highest BCUT2D eigenvalue weighted by atomic mass is 16.5. The Morgan fingerprint density at radius 2 is 2.17 bits per heavy atom. The van der Waals surface area contributed by atoms with Crippen LogP contribution in [0.1, 0.15) is 36.9 Å². The van der Waals surface area contributed by atoms with Crippen LogP contribution in [0.3, 0.4) is 0 Å². The van der Waals surface area contributed by atoms with Crippen LogP contribution in [0.25, 0.3) is 0 Å². The van der Waals surface area contributed by atoms with Crippen molar-refractivity contribution in [3.8, 4) is 0 Å². The van der Waals surface area contributed by atoms with Crippen molar-refractivity contribution in [2.45, 2.75) is 38.8 Å². The maximum Gasteiger partial charge on any atom is 0.0616 e. The zero-order valence-electron chi connectivity index (χ0n) is 11.8. The van der Waals surface area contributed by atoms with Crippen molar-refractivity contribution in [2.75, 3.05) is 20.3 Å². The largest absolute Gasteiger partial charge is 0.383 e. The summed E-state index contributed by atoms with van der Waals surface area (Å²) in [6, 6.07) is 9.32. The fourth-order valence-corrected chi connectivity index (χ4v) is 2.17. The van der Waals surface area contributed by atoms with Gasteiger partial charge in [-0.05, 0) is 38.8 Å². The average molecular weight is 250 g/mol. The van der Waals surface area contributed by atoms with Crippen LogP contribution in [0.4, 0.5) is 0 Å².